The molecule has 0 spiro atoms. The van der Waals surface area contributed by atoms with Gasteiger partial charge in [0.05, 0.1) is 0 Å². The molecule has 110 valence electrons. The summed E-state index contributed by atoms with van der Waals surface area (Å²) in [4.78, 5) is 14.9. The number of halogens is 1. The van der Waals surface area contributed by atoms with Crippen molar-refractivity contribution >= 4 is 16.7 Å². The molecule has 3 aromatic rings. The maximum atomic E-state index is 14.0. The molecule has 4 nitrogen and oxygen atoms in total. The maximum absolute atomic E-state index is 14.0. The molecule has 1 saturated carbocycles. The lowest BCUT2D eigenvalue weighted by atomic mass is 10.2. The lowest BCUT2D eigenvalue weighted by Gasteiger charge is -2.24. The molecule has 0 unspecified atom stereocenters. The third kappa shape index (κ3) is 2.39. The lowest BCUT2D eigenvalue weighted by molar-refractivity contribution is 0.636. The Hall–Kier alpha value is -2.56. The Labute approximate surface area is 127 Å². The summed E-state index contributed by atoms with van der Waals surface area (Å²) >= 11 is 0. The van der Waals surface area contributed by atoms with Gasteiger partial charge in [0.25, 0.3) is 0 Å². The van der Waals surface area contributed by atoms with Gasteiger partial charge in [-0.05, 0) is 36.6 Å². The number of pyridine rings is 1. The predicted octanol–water partition coefficient (Wildman–Crippen LogP) is 3.33. The summed E-state index contributed by atoms with van der Waals surface area (Å²) in [5, 5.41) is 0.762. The molecular weight excluding hydrogens is 279 g/mol. The van der Waals surface area contributed by atoms with Crippen LogP contribution in [-0.4, -0.2) is 21.0 Å². The minimum atomic E-state index is -0.307. The van der Waals surface area contributed by atoms with Crippen LogP contribution in [0.15, 0.2) is 49.1 Å². The number of rotatable bonds is 4. The first-order valence-electron chi connectivity index (χ1n) is 7.38. The Morgan fingerprint density at radius 2 is 2.05 bits per heavy atom. The smallest absolute Gasteiger partial charge is 0.149 e. The summed E-state index contributed by atoms with van der Waals surface area (Å²) in [5.41, 5.74) is 1.50. The highest BCUT2D eigenvalue weighted by Gasteiger charge is 2.31. The average Bonchev–Trinajstić information content (AvgIpc) is 3.39. The van der Waals surface area contributed by atoms with E-state index in [1.165, 1.54) is 12.4 Å². The highest BCUT2D eigenvalue weighted by molar-refractivity contribution is 5.89. The second-order valence-electron chi connectivity index (χ2n) is 5.55. The average molecular weight is 294 g/mol. The standard InChI is InChI=1S/C17H15FN4/c18-15-5-1-4-14-16(15)20-11-21-17(14)22(13-6-7-13)10-12-3-2-8-19-9-12/h1-5,8-9,11,13H,6-7,10H2. The van der Waals surface area contributed by atoms with E-state index in [-0.39, 0.29) is 5.82 Å². The molecular formula is C17H15FN4. The van der Waals surface area contributed by atoms with Gasteiger partial charge in [0, 0.05) is 30.4 Å². The molecule has 0 saturated heterocycles. The molecule has 1 aliphatic rings. The maximum Gasteiger partial charge on any atom is 0.149 e. The van der Waals surface area contributed by atoms with Gasteiger partial charge in [0.1, 0.15) is 23.5 Å². The zero-order valence-electron chi connectivity index (χ0n) is 12.0. The van der Waals surface area contributed by atoms with Crippen molar-refractivity contribution in [1.29, 1.82) is 0 Å². The van der Waals surface area contributed by atoms with Crippen molar-refractivity contribution < 1.29 is 4.39 Å². The molecule has 1 fully saturated rings. The van der Waals surface area contributed by atoms with Gasteiger partial charge >= 0.3 is 0 Å². The number of anilines is 1. The van der Waals surface area contributed by atoms with Gasteiger partial charge in [-0.1, -0.05) is 12.1 Å². The van der Waals surface area contributed by atoms with Crippen LogP contribution in [0.4, 0.5) is 10.2 Å². The first-order valence-corrected chi connectivity index (χ1v) is 7.38. The second-order valence-corrected chi connectivity index (χ2v) is 5.55. The molecule has 0 radical (unpaired) electrons. The van der Waals surface area contributed by atoms with Crippen LogP contribution in [-0.2, 0) is 6.54 Å². The van der Waals surface area contributed by atoms with Crippen molar-refractivity contribution in [1.82, 2.24) is 15.0 Å². The van der Waals surface area contributed by atoms with Crippen molar-refractivity contribution in [3.05, 3.63) is 60.4 Å². The van der Waals surface area contributed by atoms with Crippen LogP contribution in [0, 0.1) is 5.82 Å². The largest absolute Gasteiger partial charge is 0.349 e. The van der Waals surface area contributed by atoms with Crippen molar-refractivity contribution in [2.75, 3.05) is 4.90 Å². The van der Waals surface area contributed by atoms with E-state index in [9.17, 15) is 4.39 Å². The van der Waals surface area contributed by atoms with Gasteiger partial charge in [0.2, 0.25) is 0 Å². The van der Waals surface area contributed by atoms with E-state index in [0.717, 1.165) is 36.2 Å². The van der Waals surface area contributed by atoms with Gasteiger partial charge < -0.3 is 4.90 Å². The molecule has 5 heteroatoms. The van der Waals surface area contributed by atoms with E-state index in [1.807, 2.05) is 24.4 Å². The van der Waals surface area contributed by atoms with Gasteiger partial charge in [-0.15, -0.1) is 0 Å². The molecule has 2 aromatic heterocycles. The van der Waals surface area contributed by atoms with Crippen LogP contribution < -0.4 is 4.90 Å². The van der Waals surface area contributed by atoms with Gasteiger partial charge in [0.15, 0.2) is 0 Å². The monoisotopic (exact) mass is 294 g/mol. The molecule has 0 atom stereocenters. The van der Waals surface area contributed by atoms with Crippen molar-refractivity contribution in [2.24, 2.45) is 0 Å². The number of para-hydroxylation sites is 1. The molecule has 22 heavy (non-hydrogen) atoms. The van der Waals surface area contributed by atoms with E-state index >= 15 is 0 Å². The number of fused-ring (bicyclic) bond motifs is 1. The number of hydrogen-bond donors (Lipinski definition) is 0. The van der Waals surface area contributed by atoms with Crippen LogP contribution in [0.3, 0.4) is 0 Å². The van der Waals surface area contributed by atoms with Gasteiger partial charge in [-0.3, -0.25) is 4.98 Å². The first-order chi connectivity index (χ1) is 10.8. The fraction of sp³-hybridized carbons (Fsp3) is 0.235. The molecule has 4 rings (SSSR count). The van der Waals surface area contributed by atoms with E-state index in [4.69, 9.17) is 0 Å². The zero-order chi connectivity index (χ0) is 14.9. The van der Waals surface area contributed by atoms with Crippen LogP contribution in [0.25, 0.3) is 10.9 Å². The summed E-state index contributed by atoms with van der Waals surface area (Å²) in [7, 11) is 0. The summed E-state index contributed by atoms with van der Waals surface area (Å²) in [6.45, 7) is 0.723. The highest BCUT2D eigenvalue weighted by Crippen LogP contribution is 2.35. The third-order valence-corrected chi connectivity index (χ3v) is 3.93. The molecule has 0 aliphatic heterocycles. The Kier molecular flexibility index (Phi) is 3.18. The van der Waals surface area contributed by atoms with Crippen molar-refractivity contribution in [3.8, 4) is 0 Å². The minimum absolute atomic E-state index is 0.307. The van der Waals surface area contributed by atoms with Crippen LogP contribution in [0.5, 0.6) is 0 Å². The lowest BCUT2D eigenvalue weighted by Crippen LogP contribution is -2.26. The van der Waals surface area contributed by atoms with Crippen LogP contribution in [0.1, 0.15) is 18.4 Å². The minimum Gasteiger partial charge on any atom is -0.349 e. The summed E-state index contributed by atoms with van der Waals surface area (Å²) in [6, 6.07) is 9.46. The zero-order valence-corrected chi connectivity index (χ0v) is 12.0. The molecule has 0 bridgehead atoms. The second kappa shape index (κ2) is 5.33. The topological polar surface area (TPSA) is 41.9 Å². The summed E-state index contributed by atoms with van der Waals surface area (Å²) in [5.74, 6) is 0.495. The van der Waals surface area contributed by atoms with E-state index in [0.29, 0.717) is 11.6 Å². The molecule has 0 amide bonds. The van der Waals surface area contributed by atoms with E-state index in [1.54, 1.807) is 12.3 Å². The normalized spacial score (nSPS) is 14.2. The van der Waals surface area contributed by atoms with E-state index in [2.05, 4.69) is 19.9 Å². The first kappa shape index (κ1) is 13.1. The van der Waals surface area contributed by atoms with E-state index < -0.39 is 0 Å². The van der Waals surface area contributed by atoms with Crippen LogP contribution >= 0.6 is 0 Å². The summed E-state index contributed by atoms with van der Waals surface area (Å²) in [6.07, 6.45) is 7.35. The Bertz CT molecular complexity index is 802. The van der Waals surface area contributed by atoms with Gasteiger partial charge in [-0.2, -0.15) is 0 Å². The number of aromatic nitrogens is 3. The quantitative estimate of drug-likeness (QED) is 0.740. The summed E-state index contributed by atoms with van der Waals surface area (Å²) < 4.78 is 14.0. The Morgan fingerprint density at radius 1 is 1.14 bits per heavy atom. The van der Waals surface area contributed by atoms with Crippen LogP contribution in [0.2, 0.25) is 0 Å². The van der Waals surface area contributed by atoms with Crippen molar-refractivity contribution in [3.63, 3.8) is 0 Å². The SMILES string of the molecule is Fc1cccc2c(N(Cc3cccnc3)C3CC3)ncnc12. The number of nitrogens with zero attached hydrogens (tertiary/aromatic N) is 4. The Morgan fingerprint density at radius 3 is 2.82 bits per heavy atom. The third-order valence-electron chi connectivity index (χ3n) is 3.93. The number of benzene rings is 1. The fourth-order valence-electron chi connectivity index (χ4n) is 2.72. The Balaban J connectivity index is 1.79. The molecule has 1 aliphatic carbocycles. The van der Waals surface area contributed by atoms with Crippen molar-refractivity contribution in [2.45, 2.75) is 25.4 Å². The predicted molar refractivity (Wildman–Crippen MR) is 82.9 cm³/mol. The molecule has 2 heterocycles. The van der Waals surface area contributed by atoms with Gasteiger partial charge in [-0.25, -0.2) is 14.4 Å². The highest BCUT2D eigenvalue weighted by atomic mass is 19.1. The molecule has 0 N–H and O–H groups in total. The number of hydrogen-bond acceptors (Lipinski definition) is 4. The molecule has 1 aromatic carbocycles. The fourth-order valence-corrected chi connectivity index (χ4v) is 2.72.